The lowest BCUT2D eigenvalue weighted by Crippen LogP contribution is -2.14. The van der Waals surface area contributed by atoms with E-state index >= 15 is 0 Å². The summed E-state index contributed by atoms with van der Waals surface area (Å²) >= 11 is 1.45. The fourth-order valence-corrected chi connectivity index (χ4v) is 3.79. The van der Waals surface area contributed by atoms with Crippen LogP contribution in [0.25, 0.3) is 22.0 Å². The molecule has 4 aromatic rings. The molecule has 1 aromatic heterocycles. The maximum absolute atomic E-state index is 12.3. The summed E-state index contributed by atoms with van der Waals surface area (Å²) < 4.78 is 0. The second kappa shape index (κ2) is 7.72. The largest absolute Gasteiger partial charge is 0.302 e. The molecule has 0 saturated carbocycles. The van der Waals surface area contributed by atoms with Crippen LogP contribution in [0.4, 0.5) is 5.13 Å². The van der Waals surface area contributed by atoms with E-state index in [4.69, 9.17) is 0 Å². The summed E-state index contributed by atoms with van der Waals surface area (Å²) in [4.78, 5) is 16.9. The van der Waals surface area contributed by atoms with Gasteiger partial charge in [-0.1, -0.05) is 67.6 Å². The van der Waals surface area contributed by atoms with Crippen molar-refractivity contribution in [3.05, 3.63) is 83.2 Å². The first kappa shape index (κ1) is 17.4. The molecule has 0 saturated heterocycles. The van der Waals surface area contributed by atoms with Crippen molar-refractivity contribution in [1.82, 2.24) is 4.98 Å². The molecular formula is C23H20N2OS. The van der Waals surface area contributed by atoms with Gasteiger partial charge in [0.1, 0.15) is 0 Å². The quantitative estimate of drug-likeness (QED) is 0.488. The second-order valence-electron chi connectivity index (χ2n) is 6.49. The van der Waals surface area contributed by atoms with E-state index in [0.29, 0.717) is 11.6 Å². The monoisotopic (exact) mass is 372 g/mol. The molecule has 1 heterocycles. The van der Waals surface area contributed by atoms with Crippen molar-refractivity contribution in [1.29, 1.82) is 0 Å². The van der Waals surface area contributed by atoms with E-state index < -0.39 is 0 Å². The Morgan fingerprint density at radius 2 is 1.70 bits per heavy atom. The Bertz CT molecular complexity index is 1080. The first-order valence-electron chi connectivity index (χ1n) is 9.03. The van der Waals surface area contributed by atoms with Crippen molar-refractivity contribution in [2.24, 2.45) is 0 Å². The molecule has 0 fully saturated rings. The number of carbonyl (C=O) groups excluding carboxylic acids is 1. The van der Waals surface area contributed by atoms with Crippen LogP contribution in [0.5, 0.6) is 0 Å². The molecule has 0 aliphatic rings. The third kappa shape index (κ3) is 4.07. The van der Waals surface area contributed by atoms with Crippen LogP contribution in [0.15, 0.2) is 72.1 Å². The van der Waals surface area contributed by atoms with Gasteiger partial charge in [-0.2, -0.15) is 0 Å². The average Bonchev–Trinajstić information content (AvgIpc) is 3.16. The molecule has 0 aliphatic heterocycles. The molecule has 4 rings (SSSR count). The van der Waals surface area contributed by atoms with Crippen LogP contribution in [0, 0.1) is 0 Å². The molecule has 134 valence electrons. The van der Waals surface area contributed by atoms with Gasteiger partial charge in [-0.15, -0.1) is 11.3 Å². The van der Waals surface area contributed by atoms with Crippen molar-refractivity contribution < 1.29 is 4.79 Å². The molecule has 3 aromatic carbocycles. The number of nitrogens with zero attached hydrogens (tertiary/aromatic N) is 1. The van der Waals surface area contributed by atoms with Gasteiger partial charge in [-0.3, -0.25) is 4.79 Å². The lowest BCUT2D eigenvalue weighted by molar-refractivity contribution is -0.115. The predicted molar refractivity (Wildman–Crippen MR) is 113 cm³/mol. The minimum Gasteiger partial charge on any atom is -0.302 e. The topological polar surface area (TPSA) is 42.0 Å². The van der Waals surface area contributed by atoms with Gasteiger partial charge in [-0.25, -0.2) is 4.98 Å². The summed E-state index contributed by atoms with van der Waals surface area (Å²) in [6.45, 7) is 2.12. The Morgan fingerprint density at radius 1 is 0.963 bits per heavy atom. The van der Waals surface area contributed by atoms with E-state index in [1.807, 2.05) is 29.6 Å². The maximum atomic E-state index is 12.3. The van der Waals surface area contributed by atoms with E-state index in [0.717, 1.165) is 23.2 Å². The minimum atomic E-state index is -0.0429. The fraction of sp³-hybridized carbons (Fsp3) is 0.130. The lowest BCUT2D eigenvalue weighted by atomic mass is 10.1. The average molecular weight is 372 g/mol. The van der Waals surface area contributed by atoms with Crippen LogP contribution in [0.3, 0.4) is 0 Å². The number of anilines is 1. The molecule has 1 N–H and O–H groups in total. The van der Waals surface area contributed by atoms with Gasteiger partial charge in [0, 0.05) is 10.9 Å². The van der Waals surface area contributed by atoms with Crippen molar-refractivity contribution in [2.45, 2.75) is 19.8 Å². The minimum absolute atomic E-state index is 0.0429. The summed E-state index contributed by atoms with van der Waals surface area (Å²) in [6.07, 6.45) is 1.36. The summed E-state index contributed by atoms with van der Waals surface area (Å²) in [5, 5.41) is 7.92. The van der Waals surface area contributed by atoms with Crippen molar-refractivity contribution >= 4 is 33.1 Å². The van der Waals surface area contributed by atoms with Crippen LogP contribution >= 0.6 is 11.3 Å². The van der Waals surface area contributed by atoms with Crippen molar-refractivity contribution in [2.75, 3.05) is 5.32 Å². The molecule has 0 bridgehead atoms. The van der Waals surface area contributed by atoms with E-state index in [1.54, 1.807) is 0 Å². The highest BCUT2D eigenvalue weighted by Gasteiger charge is 2.09. The van der Waals surface area contributed by atoms with Gasteiger partial charge >= 0.3 is 0 Å². The summed E-state index contributed by atoms with van der Waals surface area (Å²) in [7, 11) is 0. The van der Waals surface area contributed by atoms with E-state index in [2.05, 4.69) is 59.7 Å². The highest BCUT2D eigenvalue weighted by Crippen LogP contribution is 2.27. The van der Waals surface area contributed by atoms with Gasteiger partial charge in [0.25, 0.3) is 0 Å². The van der Waals surface area contributed by atoms with Crippen LogP contribution in [0.1, 0.15) is 18.1 Å². The number of aryl methyl sites for hydroxylation is 1. The molecule has 0 radical (unpaired) electrons. The van der Waals surface area contributed by atoms with Crippen molar-refractivity contribution in [3.63, 3.8) is 0 Å². The Hall–Kier alpha value is -2.98. The number of amides is 1. The van der Waals surface area contributed by atoms with Crippen LogP contribution in [0.2, 0.25) is 0 Å². The van der Waals surface area contributed by atoms with E-state index in [9.17, 15) is 4.79 Å². The van der Waals surface area contributed by atoms with E-state index in [-0.39, 0.29) is 5.91 Å². The van der Waals surface area contributed by atoms with Gasteiger partial charge in [-0.05, 0) is 34.4 Å². The number of carbonyl (C=O) groups is 1. The Kier molecular flexibility index (Phi) is 4.99. The molecule has 0 aliphatic carbocycles. The van der Waals surface area contributed by atoms with E-state index in [1.165, 1.54) is 27.7 Å². The summed E-state index contributed by atoms with van der Waals surface area (Å²) in [5.41, 5.74) is 4.23. The Balaban J connectivity index is 1.45. The second-order valence-corrected chi connectivity index (χ2v) is 7.35. The zero-order chi connectivity index (χ0) is 18.6. The molecular weight excluding hydrogens is 352 g/mol. The predicted octanol–water partition coefficient (Wildman–Crippen LogP) is 5.71. The zero-order valence-electron chi connectivity index (χ0n) is 15.1. The third-order valence-corrected chi connectivity index (χ3v) is 5.35. The first-order valence-corrected chi connectivity index (χ1v) is 9.91. The number of fused-ring (bicyclic) bond motifs is 1. The molecule has 27 heavy (non-hydrogen) atoms. The Labute approximate surface area is 162 Å². The number of hydrogen-bond acceptors (Lipinski definition) is 3. The van der Waals surface area contributed by atoms with Crippen LogP contribution in [-0.2, 0) is 17.6 Å². The smallest absolute Gasteiger partial charge is 0.230 e. The fourth-order valence-electron chi connectivity index (χ4n) is 3.05. The third-order valence-electron chi connectivity index (χ3n) is 4.59. The molecule has 3 nitrogen and oxygen atoms in total. The number of hydrogen-bond donors (Lipinski definition) is 1. The number of rotatable bonds is 5. The number of benzene rings is 3. The van der Waals surface area contributed by atoms with Crippen LogP contribution < -0.4 is 5.32 Å². The standard InChI is InChI=1S/C23H20N2OS/c1-2-16-7-9-17(10-8-16)13-22(26)25-23-24-21(15-27-23)20-12-11-18-5-3-4-6-19(18)14-20/h3-12,14-15H,2,13H2,1H3,(H,24,25,26). The highest BCUT2D eigenvalue weighted by atomic mass is 32.1. The number of thiazole rings is 1. The van der Waals surface area contributed by atoms with Crippen LogP contribution in [-0.4, -0.2) is 10.9 Å². The molecule has 1 amide bonds. The molecule has 0 unspecified atom stereocenters. The summed E-state index contributed by atoms with van der Waals surface area (Å²) in [6, 6.07) is 22.7. The first-order chi connectivity index (χ1) is 13.2. The number of nitrogens with one attached hydrogen (secondary N) is 1. The van der Waals surface area contributed by atoms with Gasteiger partial charge in [0.15, 0.2) is 5.13 Å². The highest BCUT2D eigenvalue weighted by molar-refractivity contribution is 7.14. The normalized spacial score (nSPS) is 10.9. The Morgan fingerprint density at radius 3 is 2.48 bits per heavy atom. The maximum Gasteiger partial charge on any atom is 0.230 e. The molecule has 4 heteroatoms. The zero-order valence-corrected chi connectivity index (χ0v) is 15.9. The summed E-state index contributed by atoms with van der Waals surface area (Å²) in [5.74, 6) is -0.0429. The van der Waals surface area contributed by atoms with Gasteiger partial charge < -0.3 is 5.32 Å². The molecule has 0 spiro atoms. The number of aromatic nitrogens is 1. The SMILES string of the molecule is CCc1ccc(CC(=O)Nc2nc(-c3ccc4ccccc4c3)cs2)cc1. The van der Waals surface area contributed by atoms with Crippen molar-refractivity contribution in [3.8, 4) is 11.3 Å². The van der Waals surface area contributed by atoms with Gasteiger partial charge in [0.2, 0.25) is 5.91 Å². The lowest BCUT2D eigenvalue weighted by Gasteiger charge is -2.03. The van der Waals surface area contributed by atoms with Gasteiger partial charge in [0.05, 0.1) is 12.1 Å². The molecule has 0 atom stereocenters.